The number of hydrogen-bond acceptors (Lipinski definition) is 3. The lowest BCUT2D eigenvalue weighted by atomic mass is 9.89. The number of aromatic hydroxyl groups is 1. The molecule has 1 aliphatic rings. The standard InChI is InChI=1S/C12H15NO3/c1-7-2-3-10(11(15)4-7)12(16)13-8-5-9(14)6-8/h2-4,8-9,14-15H,5-6H2,1H3,(H,13,16). The van der Waals surface area contributed by atoms with Crippen LogP contribution in [0.25, 0.3) is 0 Å². The van der Waals surface area contributed by atoms with Gasteiger partial charge in [-0.2, -0.15) is 0 Å². The molecule has 0 aliphatic heterocycles. The fourth-order valence-electron chi connectivity index (χ4n) is 1.80. The van der Waals surface area contributed by atoms with Gasteiger partial charge < -0.3 is 15.5 Å². The van der Waals surface area contributed by atoms with E-state index in [1.807, 2.05) is 6.92 Å². The van der Waals surface area contributed by atoms with E-state index in [1.54, 1.807) is 18.2 Å². The molecule has 0 unspecified atom stereocenters. The van der Waals surface area contributed by atoms with Gasteiger partial charge in [0, 0.05) is 6.04 Å². The van der Waals surface area contributed by atoms with E-state index in [9.17, 15) is 9.90 Å². The summed E-state index contributed by atoms with van der Waals surface area (Å²) in [5.41, 5.74) is 1.19. The molecule has 0 atom stereocenters. The van der Waals surface area contributed by atoms with E-state index in [4.69, 9.17) is 5.11 Å². The molecule has 4 nitrogen and oxygen atoms in total. The first-order valence-corrected chi connectivity index (χ1v) is 5.35. The molecule has 86 valence electrons. The third-order valence-corrected chi connectivity index (χ3v) is 2.85. The molecule has 0 spiro atoms. The quantitative estimate of drug-likeness (QED) is 0.696. The number of carbonyl (C=O) groups excluding carboxylic acids is 1. The summed E-state index contributed by atoms with van der Waals surface area (Å²) in [5, 5.41) is 21.5. The maximum Gasteiger partial charge on any atom is 0.255 e. The SMILES string of the molecule is Cc1ccc(C(=O)NC2CC(O)C2)c(O)c1. The number of aryl methyl sites for hydroxylation is 1. The van der Waals surface area contributed by atoms with E-state index >= 15 is 0 Å². The van der Waals surface area contributed by atoms with Crippen LogP contribution in [-0.2, 0) is 0 Å². The number of nitrogens with one attached hydrogen (secondary N) is 1. The minimum Gasteiger partial charge on any atom is -0.507 e. The number of hydrogen-bond donors (Lipinski definition) is 3. The minimum absolute atomic E-state index is 0.00243. The fourth-order valence-corrected chi connectivity index (χ4v) is 1.80. The van der Waals surface area contributed by atoms with Crippen molar-refractivity contribution in [1.29, 1.82) is 0 Å². The molecule has 0 bridgehead atoms. The Morgan fingerprint density at radius 3 is 2.69 bits per heavy atom. The van der Waals surface area contributed by atoms with Gasteiger partial charge in [-0.25, -0.2) is 0 Å². The van der Waals surface area contributed by atoms with E-state index in [0.29, 0.717) is 12.8 Å². The van der Waals surface area contributed by atoms with Crippen LogP contribution in [0, 0.1) is 6.92 Å². The Morgan fingerprint density at radius 2 is 2.12 bits per heavy atom. The van der Waals surface area contributed by atoms with Gasteiger partial charge in [0.25, 0.3) is 5.91 Å². The lowest BCUT2D eigenvalue weighted by Gasteiger charge is -2.31. The normalized spacial score (nSPS) is 23.6. The molecule has 1 saturated carbocycles. The lowest BCUT2D eigenvalue weighted by molar-refractivity contribution is 0.0562. The summed E-state index contributed by atoms with van der Waals surface area (Å²) in [6.07, 6.45) is 0.897. The van der Waals surface area contributed by atoms with Gasteiger partial charge in [0.05, 0.1) is 11.7 Å². The highest BCUT2D eigenvalue weighted by molar-refractivity contribution is 5.97. The maximum absolute atomic E-state index is 11.7. The minimum atomic E-state index is -0.295. The number of carbonyl (C=O) groups is 1. The van der Waals surface area contributed by atoms with Crippen LogP contribution < -0.4 is 5.32 Å². The highest BCUT2D eigenvalue weighted by atomic mass is 16.3. The molecule has 0 saturated heterocycles. The van der Waals surface area contributed by atoms with Gasteiger partial charge in [0.2, 0.25) is 0 Å². The van der Waals surface area contributed by atoms with E-state index < -0.39 is 0 Å². The molecule has 16 heavy (non-hydrogen) atoms. The Balaban J connectivity index is 2.03. The van der Waals surface area contributed by atoms with Gasteiger partial charge in [0.1, 0.15) is 5.75 Å². The number of benzene rings is 1. The molecule has 0 radical (unpaired) electrons. The average molecular weight is 221 g/mol. The summed E-state index contributed by atoms with van der Waals surface area (Å²) >= 11 is 0. The smallest absolute Gasteiger partial charge is 0.255 e. The van der Waals surface area contributed by atoms with Crippen LogP contribution >= 0.6 is 0 Å². The number of phenols is 1. The van der Waals surface area contributed by atoms with Crippen LogP contribution in [0.2, 0.25) is 0 Å². The first-order chi connectivity index (χ1) is 7.56. The summed E-state index contributed by atoms with van der Waals surface area (Å²) in [6.45, 7) is 1.85. The van der Waals surface area contributed by atoms with Gasteiger partial charge in [-0.3, -0.25) is 4.79 Å². The highest BCUT2D eigenvalue weighted by Crippen LogP contribution is 2.22. The van der Waals surface area contributed by atoms with Crippen LogP contribution in [-0.4, -0.2) is 28.3 Å². The van der Waals surface area contributed by atoms with E-state index in [0.717, 1.165) is 5.56 Å². The van der Waals surface area contributed by atoms with Crippen molar-refractivity contribution >= 4 is 5.91 Å². The predicted octanol–water partition coefficient (Wildman–Crippen LogP) is 0.954. The summed E-state index contributed by atoms with van der Waals surface area (Å²) in [5.74, 6) is -0.285. The Morgan fingerprint density at radius 1 is 1.44 bits per heavy atom. The monoisotopic (exact) mass is 221 g/mol. The third-order valence-electron chi connectivity index (χ3n) is 2.85. The molecule has 4 heteroatoms. The largest absolute Gasteiger partial charge is 0.507 e. The molecule has 1 aromatic carbocycles. The van der Waals surface area contributed by atoms with E-state index in [1.165, 1.54) is 0 Å². The first-order valence-electron chi connectivity index (χ1n) is 5.35. The van der Waals surface area contributed by atoms with Crippen LogP contribution in [0.4, 0.5) is 0 Å². The first kappa shape index (κ1) is 11.0. The van der Waals surface area contributed by atoms with Gasteiger partial charge in [0.15, 0.2) is 0 Å². The van der Waals surface area contributed by atoms with E-state index in [-0.39, 0.29) is 29.4 Å². The Kier molecular flexibility index (Phi) is 2.83. The van der Waals surface area contributed by atoms with Crippen molar-refractivity contribution in [3.8, 4) is 5.75 Å². The Bertz CT molecular complexity index is 411. The van der Waals surface area contributed by atoms with Crippen molar-refractivity contribution in [3.05, 3.63) is 29.3 Å². The second kappa shape index (κ2) is 4.14. The molecular formula is C12H15NO3. The molecule has 1 amide bonds. The molecule has 1 aliphatic carbocycles. The number of aliphatic hydroxyl groups is 1. The number of rotatable bonds is 2. The topological polar surface area (TPSA) is 69.6 Å². The lowest BCUT2D eigenvalue weighted by Crippen LogP contribution is -2.46. The average Bonchev–Trinajstić information content (AvgIpc) is 2.15. The number of amides is 1. The molecular weight excluding hydrogens is 206 g/mol. The van der Waals surface area contributed by atoms with Gasteiger partial charge >= 0.3 is 0 Å². The van der Waals surface area contributed by atoms with Crippen molar-refractivity contribution in [1.82, 2.24) is 5.32 Å². The summed E-state index contributed by atoms with van der Waals surface area (Å²) in [6, 6.07) is 4.98. The van der Waals surface area contributed by atoms with E-state index in [2.05, 4.69) is 5.32 Å². The molecule has 1 aromatic rings. The Hall–Kier alpha value is -1.55. The second-order valence-electron chi connectivity index (χ2n) is 4.32. The Labute approximate surface area is 93.9 Å². The van der Waals surface area contributed by atoms with Crippen molar-refractivity contribution in [2.75, 3.05) is 0 Å². The second-order valence-corrected chi connectivity index (χ2v) is 4.32. The zero-order valence-electron chi connectivity index (χ0n) is 9.10. The van der Waals surface area contributed by atoms with Crippen LogP contribution in [0.15, 0.2) is 18.2 Å². The highest BCUT2D eigenvalue weighted by Gasteiger charge is 2.29. The molecule has 0 aromatic heterocycles. The fraction of sp³-hybridized carbons (Fsp3) is 0.417. The van der Waals surface area contributed by atoms with Gasteiger partial charge in [-0.15, -0.1) is 0 Å². The molecule has 3 N–H and O–H groups in total. The molecule has 1 fully saturated rings. The zero-order chi connectivity index (χ0) is 11.7. The summed E-state index contributed by atoms with van der Waals surface area (Å²) < 4.78 is 0. The van der Waals surface area contributed by atoms with Crippen LogP contribution in [0.3, 0.4) is 0 Å². The third kappa shape index (κ3) is 2.17. The molecule has 2 rings (SSSR count). The van der Waals surface area contributed by atoms with Gasteiger partial charge in [-0.1, -0.05) is 6.07 Å². The number of aliphatic hydroxyl groups excluding tert-OH is 1. The van der Waals surface area contributed by atoms with Crippen molar-refractivity contribution in [3.63, 3.8) is 0 Å². The van der Waals surface area contributed by atoms with Crippen LogP contribution in [0.5, 0.6) is 5.75 Å². The maximum atomic E-state index is 11.7. The summed E-state index contributed by atoms with van der Waals surface area (Å²) in [4.78, 5) is 11.7. The van der Waals surface area contributed by atoms with Crippen molar-refractivity contribution in [2.45, 2.75) is 31.9 Å². The van der Waals surface area contributed by atoms with Crippen LogP contribution in [0.1, 0.15) is 28.8 Å². The zero-order valence-corrected chi connectivity index (χ0v) is 9.10. The van der Waals surface area contributed by atoms with Gasteiger partial charge in [-0.05, 0) is 37.5 Å². The molecule has 0 heterocycles. The van der Waals surface area contributed by atoms with Crippen molar-refractivity contribution < 1.29 is 15.0 Å². The summed E-state index contributed by atoms with van der Waals surface area (Å²) in [7, 11) is 0. The predicted molar refractivity (Wildman–Crippen MR) is 59.3 cm³/mol. The van der Waals surface area contributed by atoms with Crippen molar-refractivity contribution in [2.24, 2.45) is 0 Å². The number of phenolic OH excluding ortho intramolecular Hbond substituents is 1.